The molecule has 18 nitrogen and oxygen atoms in total. The highest BCUT2D eigenvalue weighted by molar-refractivity contribution is 5.69. The van der Waals surface area contributed by atoms with Gasteiger partial charge in [-0.1, -0.05) is 210 Å². The van der Waals surface area contributed by atoms with Crippen molar-refractivity contribution in [3.05, 3.63) is 34.9 Å². The fraction of sp³-hybridized carbons (Fsp3) is 0.922. The Morgan fingerprint density at radius 2 is 0.575 bits per heavy atom. The van der Waals surface area contributed by atoms with Gasteiger partial charge in [-0.2, -0.15) is 0 Å². The van der Waals surface area contributed by atoms with E-state index in [4.69, 9.17) is 48.6 Å². The Hall–Kier alpha value is -3.33. The second-order valence-corrected chi connectivity index (χ2v) is 48.8. The van der Waals surface area contributed by atoms with Gasteiger partial charge in [-0.25, -0.2) is 14.4 Å². The van der Waals surface area contributed by atoms with E-state index in [0.717, 1.165) is 313 Å². The number of fused-ring (bicyclic) bond motifs is 15. The van der Waals surface area contributed by atoms with Gasteiger partial charge in [0.05, 0.1) is 0 Å². The fourth-order valence-corrected chi connectivity index (χ4v) is 31.4. The smallest absolute Gasteiger partial charge is 0.410 e. The monoisotopic (exact) mass is 1870 g/mol. The highest BCUT2D eigenvalue weighted by Gasteiger charge is 2.63. The van der Waals surface area contributed by atoms with E-state index in [0.29, 0.717) is 62.1 Å². The highest BCUT2D eigenvalue weighted by Crippen LogP contribution is 2.71. The van der Waals surface area contributed by atoms with E-state index in [2.05, 4.69) is 138 Å². The maximum atomic E-state index is 13.6. The average Bonchev–Trinajstić information content (AvgIpc) is 1.47. The minimum Gasteiger partial charge on any atom is -0.446 e. The average molecular weight is 1880 g/mol. The predicted molar refractivity (Wildman–Crippen MR) is 564 cm³/mol. The predicted octanol–water partition coefficient (Wildman–Crippen LogP) is 24.7. The first-order valence-corrected chi connectivity index (χ1v) is 57.7. The summed E-state index contributed by atoms with van der Waals surface area (Å²) in [6.07, 6.45) is 61.6. The molecule has 0 aromatic carbocycles. The van der Waals surface area contributed by atoms with E-state index < -0.39 is 0 Å². The fourth-order valence-electron chi connectivity index (χ4n) is 31.4. The number of carbonyl (C=O) groups is 3. The van der Waals surface area contributed by atoms with Crippen LogP contribution in [0.4, 0.5) is 14.4 Å². The lowest BCUT2D eigenvalue weighted by atomic mass is 9.47. The molecule has 0 spiro atoms. The summed E-state index contributed by atoms with van der Waals surface area (Å²) in [5.41, 5.74) is 41.3. The van der Waals surface area contributed by atoms with Crippen molar-refractivity contribution >= 4 is 18.3 Å². The molecular formula is C116H216N12O6. The van der Waals surface area contributed by atoms with Crippen molar-refractivity contribution in [3.63, 3.8) is 0 Å². The molecule has 0 aromatic heterocycles. The van der Waals surface area contributed by atoms with E-state index in [1.54, 1.807) is 16.7 Å². The Labute approximate surface area is 823 Å². The molecule has 776 valence electrons. The van der Waals surface area contributed by atoms with Gasteiger partial charge in [0, 0.05) is 58.5 Å². The number of hydrogen-bond donors (Lipinski definition) is 9. The number of amides is 3. The van der Waals surface area contributed by atoms with Crippen molar-refractivity contribution in [2.45, 2.75) is 425 Å². The SMILES string of the molecule is CC.CC(C)CCCC(C)C1CCC2C3CC=C4CC(OC(=O)N(CCCCNCCCN)CCCNCCCN)CCC4(C)C3CCC12C.CC(C)CCCC(C)C1CCC2C3CC=C4CC(OC(=O)N(CCCN)CCCCN)CCC4(C)C3CCC12C.CC(C)CCCC(C)C1CCC2C3CC=C4CC(OC(=O)N(CCCN)CCCCNCCCN)CCC4(C)C3CCC12C. The quantitative estimate of drug-likeness (QED) is 0.0156. The molecule has 12 aliphatic rings. The number of nitrogens with zero attached hydrogens (tertiary/aromatic N) is 3. The van der Waals surface area contributed by atoms with Crippen LogP contribution in [0.5, 0.6) is 0 Å². The summed E-state index contributed by atoms with van der Waals surface area (Å²) in [4.78, 5) is 45.9. The van der Waals surface area contributed by atoms with E-state index in [1.165, 1.54) is 154 Å². The van der Waals surface area contributed by atoms with Gasteiger partial charge in [0.1, 0.15) is 18.3 Å². The summed E-state index contributed by atoms with van der Waals surface area (Å²) >= 11 is 0. The molecule has 0 radical (unpaired) electrons. The van der Waals surface area contributed by atoms with Gasteiger partial charge in [-0.3, -0.25) is 0 Å². The van der Waals surface area contributed by atoms with Crippen molar-refractivity contribution in [3.8, 4) is 0 Å². The summed E-state index contributed by atoms with van der Waals surface area (Å²) < 4.78 is 18.7. The lowest BCUT2D eigenvalue weighted by Gasteiger charge is -2.58. The van der Waals surface area contributed by atoms with Gasteiger partial charge in [0.25, 0.3) is 0 Å². The van der Waals surface area contributed by atoms with Gasteiger partial charge >= 0.3 is 18.3 Å². The standard InChI is InChI=1S/C41H77N5O2.C38H70N4O2.C35H63N3O2.C2H6/c1-31(2)12-8-13-32(3)36-16-17-37-35-15-14-33-30-34(18-20-40(33,4)38(35)19-21-41(36,37)5)48-39(47)46(29-11-27-45-26-10-23-43)28-7-6-24-44-25-9-22-42;1-28(2)11-8-12-29(3)33-15-16-34-32-14-13-30-27-31(17-19-37(30,4)35(32)18-20-38(33,34)5)44-36(43)42(26-10-22-40)25-7-6-23-41-24-9-21-39;1-25(2)10-8-11-26(3)30-14-15-31-29-13-12-27-24-28(16-18-34(27,4)32(29)17-19-35(30,31)5)40-33(39)38(23-9-21-37)22-7-6-20-36;1-2/h14,31-32,34-38,44-45H,6-13,15-30,42-43H2,1-5H3;13,28-29,31-35,41H,6-12,14-27,39-40H2,1-5H3;12,25-26,28-32H,6-11,13-24,36-37H2,1-5H3;1-2H3. The van der Waals surface area contributed by atoms with Crippen molar-refractivity contribution < 1.29 is 28.6 Å². The molecule has 12 rings (SSSR count). The number of nitrogens with one attached hydrogen (secondary N) is 3. The molecule has 134 heavy (non-hydrogen) atoms. The lowest BCUT2D eigenvalue weighted by Crippen LogP contribution is -2.51. The molecule has 24 atom stereocenters. The van der Waals surface area contributed by atoms with Gasteiger partial charge in [-0.15, -0.1) is 0 Å². The summed E-state index contributed by atoms with van der Waals surface area (Å²) in [6.45, 7) is 55.8. The maximum Gasteiger partial charge on any atom is 0.410 e. The third-order valence-electron chi connectivity index (χ3n) is 39.0. The van der Waals surface area contributed by atoms with Crippen molar-refractivity contribution in [1.29, 1.82) is 0 Å². The first kappa shape index (κ1) is 114. The number of unbranched alkanes of at least 4 members (excludes halogenated alkanes) is 3. The van der Waals surface area contributed by atoms with Crippen LogP contribution >= 0.6 is 0 Å². The summed E-state index contributed by atoms with van der Waals surface area (Å²) in [5.74, 6) is 15.3. The Morgan fingerprint density at radius 3 is 0.858 bits per heavy atom. The third kappa shape index (κ3) is 30.2. The number of carbonyl (C=O) groups excluding carboxylic acids is 3. The van der Waals surface area contributed by atoms with E-state index >= 15 is 0 Å². The van der Waals surface area contributed by atoms with Gasteiger partial charge in [0.2, 0.25) is 0 Å². The molecule has 0 aromatic rings. The number of ether oxygens (including phenoxy) is 3. The minimum atomic E-state index is -0.152. The zero-order valence-electron chi connectivity index (χ0n) is 90.2. The molecule has 24 unspecified atom stereocenters. The number of nitrogens with two attached hydrogens (primary N) is 6. The summed E-state index contributed by atoms with van der Waals surface area (Å²) in [7, 11) is 0. The van der Waals surface area contributed by atoms with Crippen LogP contribution in [0.2, 0.25) is 0 Å². The molecule has 0 saturated heterocycles. The minimum absolute atomic E-state index is 0.00731. The van der Waals surface area contributed by atoms with E-state index in [1.807, 2.05) is 28.5 Å². The number of rotatable bonds is 51. The van der Waals surface area contributed by atoms with Crippen LogP contribution in [-0.4, -0.2) is 169 Å². The van der Waals surface area contributed by atoms with Crippen molar-refractivity contribution in [2.75, 3.05) is 118 Å². The zero-order valence-corrected chi connectivity index (χ0v) is 90.2. The largest absolute Gasteiger partial charge is 0.446 e. The van der Waals surface area contributed by atoms with Gasteiger partial charge in [-0.05, 0) is 429 Å². The summed E-state index contributed by atoms with van der Waals surface area (Å²) in [5, 5.41) is 10.4. The van der Waals surface area contributed by atoms with Gasteiger partial charge < -0.3 is 79.3 Å². The highest BCUT2D eigenvalue weighted by atomic mass is 16.6. The molecule has 15 N–H and O–H groups in total. The number of hydrogen-bond acceptors (Lipinski definition) is 15. The molecule has 9 fully saturated rings. The Morgan fingerprint density at radius 1 is 0.313 bits per heavy atom. The van der Waals surface area contributed by atoms with Crippen LogP contribution in [0.3, 0.4) is 0 Å². The van der Waals surface area contributed by atoms with Crippen LogP contribution in [-0.2, 0) is 14.2 Å². The molecule has 0 bridgehead atoms. The third-order valence-corrected chi connectivity index (χ3v) is 39.0. The Balaban J connectivity index is 0.000000224. The molecule has 12 aliphatic carbocycles. The van der Waals surface area contributed by atoms with E-state index in [-0.39, 0.29) is 52.8 Å². The van der Waals surface area contributed by atoms with Crippen LogP contribution in [0.1, 0.15) is 407 Å². The van der Waals surface area contributed by atoms with Crippen LogP contribution in [0.25, 0.3) is 0 Å². The topological polar surface area (TPSA) is 281 Å². The molecule has 0 heterocycles. The molecule has 18 heteroatoms. The lowest BCUT2D eigenvalue weighted by molar-refractivity contribution is -0.0593. The van der Waals surface area contributed by atoms with Crippen LogP contribution in [0.15, 0.2) is 34.9 Å². The summed E-state index contributed by atoms with van der Waals surface area (Å²) in [6, 6.07) is 0. The van der Waals surface area contributed by atoms with Crippen LogP contribution in [0, 0.1) is 139 Å². The van der Waals surface area contributed by atoms with Gasteiger partial charge in [0.15, 0.2) is 0 Å². The first-order chi connectivity index (χ1) is 64.4. The molecule has 9 saturated carbocycles. The normalized spacial score (nSPS) is 33.3. The molecule has 0 aliphatic heterocycles. The molecule has 3 amide bonds. The first-order valence-electron chi connectivity index (χ1n) is 57.7. The molecular weight excluding hydrogens is 1660 g/mol. The Bertz CT molecular complexity index is 3460. The number of allylic oxidation sites excluding steroid dienone is 3. The zero-order chi connectivity index (χ0) is 97.2. The second kappa shape index (κ2) is 56.6. The maximum absolute atomic E-state index is 13.6. The van der Waals surface area contributed by atoms with E-state index in [9.17, 15) is 14.4 Å². The van der Waals surface area contributed by atoms with Crippen molar-refractivity contribution in [2.24, 2.45) is 173 Å². The van der Waals surface area contributed by atoms with Crippen LogP contribution < -0.4 is 50.4 Å². The van der Waals surface area contributed by atoms with Crippen molar-refractivity contribution in [1.82, 2.24) is 30.7 Å². The second-order valence-electron chi connectivity index (χ2n) is 48.8. The Kier molecular flexibility index (Phi) is 48.3.